The number of ether oxygens (including phenoxy) is 1. The first kappa shape index (κ1) is 12.6. The monoisotopic (exact) mass is 261 g/mol. The molecule has 0 bridgehead atoms. The molecule has 5 heteroatoms. The number of hydrogen-bond acceptors (Lipinski definition) is 2. The molecule has 2 atom stereocenters. The van der Waals surface area contributed by atoms with E-state index in [4.69, 9.17) is 16.3 Å². The van der Waals surface area contributed by atoms with Crippen molar-refractivity contribution < 1.29 is 13.5 Å². The van der Waals surface area contributed by atoms with E-state index in [0.29, 0.717) is 6.61 Å². The molecule has 1 aliphatic heterocycles. The fourth-order valence-corrected chi connectivity index (χ4v) is 2.26. The summed E-state index contributed by atoms with van der Waals surface area (Å²) in [4.78, 5) is 0. The molecule has 0 amide bonds. The third kappa shape index (κ3) is 3.07. The minimum Gasteiger partial charge on any atom is -0.379 e. The molecule has 1 saturated heterocycles. The topological polar surface area (TPSA) is 21.3 Å². The van der Waals surface area contributed by atoms with Gasteiger partial charge in [-0.2, -0.15) is 0 Å². The average Bonchev–Trinajstić information content (AvgIpc) is 2.23. The van der Waals surface area contributed by atoms with Crippen molar-refractivity contribution in [3.05, 3.63) is 28.8 Å². The van der Waals surface area contributed by atoms with E-state index in [-0.39, 0.29) is 22.9 Å². The summed E-state index contributed by atoms with van der Waals surface area (Å²) in [7, 11) is 0. The Morgan fingerprint density at radius 1 is 1.41 bits per heavy atom. The molecule has 1 N–H and O–H groups in total. The first-order chi connectivity index (χ1) is 8.06. The minimum absolute atomic E-state index is 0.0710. The number of benzene rings is 1. The van der Waals surface area contributed by atoms with Crippen LogP contribution < -0.4 is 5.32 Å². The number of halogens is 3. The van der Waals surface area contributed by atoms with Gasteiger partial charge in [0.1, 0.15) is 5.82 Å². The van der Waals surface area contributed by atoms with Crippen molar-refractivity contribution in [1.29, 1.82) is 0 Å². The summed E-state index contributed by atoms with van der Waals surface area (Å²) in [5.41, 5.74) is 0.173. The molecule has 2 rings (SSSR count). The van der Waals surface area contributed by atoms with Gasteiger partial charge in [-0.1, -0.05) is 11.6 Å². The first-order valence-electron chi connectivity index (χ1n) is 5.59. The third-order valence-corrected chi connectivity index (χ3v) is 3.14. The second-order valence-electron chi connectivity index (χ2n) is 4.29. The Hall–Kier alpha value is -0.870. The lowest BCUT2D eigenvalue weighted by Crippen LogP contribution is -2.32. The van der Waals surface area contributed by atoms with Crippen LogP contribution in [0, 0.1) is 11.6 Å². The predicted molar refractivity (Wildman–Crippen MR) is 63.4 cm³/mol. The van der Waals surface area contributed by atoms with Crippen molar-refractivity contribution in [2.75, 3.05) is 11.9 Å². The first-order valence-corrected chi connectivity index (χ1v) is 5.96. The Kier molecular flexibility index (Phi) is 3.84. The molecule has 0 spiro atoms. The predicted octanol–water partition coefficient (Wildman–Crippen LogP) is 3.60. The summed E-state index contributed by atoms with van der Waals surface area (Å²) in [5, 5.41) is 3.09. The van der Waals surface area contributed by atoms with E-state index in [9.17, 15) is 8.78 Å². The maximum atomic E-state index is 13.5. The van der Waals surface area contributed by atoms with Crippen molar-refractivity contribution in [3.8, 4) is 0 Å². The highest BCUT2D eigenvalue weighted by Gasteiger charge is 2.21. The van der Waals surface area contributed by atoms with Gasteiger partial charge in [0.2, 0.25) is 0 Å². The number of hydrogen-bond donors (Lipinski definition) is 1. The SMILES string of the molecule is CC1CC(Nc2c(F)cc(F)cc2Cl)CCO1. The van der Waals surface area contributed by atoms with Gasteiger partial charge in [0.25, 0.3) is 0 Å². The second-order valence-corrected chi connectivity index (χ2v) is 4.70. The van der Waals surface area contributed by atoms with Crippen LogP contribution in [0.2, 0.25) is 5.02 Å². The molecule has 17 heavy (non-hydrogen) atoms. The molecule has 0 aromatic heterocycles. The average molecular weight is 262 g/mol. The van der Waals surface area contributed by atoms with Crippen molar-refractivity contribution in [2.45, 2.75) is 31.9 Å². The molecule has 1 fully saturated rings. The molecule has 1 aromatic carbocycles. The lowest BCUT2D eigenvalue weighted by Gasteiger charge is -2.29. The maximum Gasteiger partial charge on any atom is 0.150 e. The van der Waals surface area contributed by atoms with Gasteiger partial charge < -0.3 is 10.1 Å². The summed E-state index contributed by atoms with van der Waals surface area (Å²) in [6.07, 6.45) is 1.72. The summed E-state index contributed by atoms with van der Waals surface area (Å²) in [5.74, 6) is -1.33. The molecule has 94 valence electrons. The van der Waals surface area contributed by atoms with Gasteiger partial charge in [-0.15, -0.1) is 0 Å². The van der Waals surface area contributed by atoms with E-state index in [1.165, 1.54) is 0 Å². The van der Waals surface area contributed by atoms with Crippen molar-refractivity contribution in [1.82, 2.24) is 0 Å². The van der Waals surface area contributed by atoms with Crippen LogP contribution in [0.5, 0.6) is 0 Å². The van der Waals surface area contributed by atoms with E-state index in [0.717, 1.165) is 25.0 Å². The van der Waals surface area contributed by atoms with Crippen LogP contribution in [0.25, 0.3) is 0 Å². The fraction of sp³-hybridized carbons (Fsp3) is 0.500. The zero-order valence-electron chi connectivity index (χ0n) is 9.47. The van der Waals surface area contributed by atoms with Crippen LogP contribution >= 0.6 is 11.6 Å². The number of rotatable bonds is 2. The summed E-state index contributed by atoms with van der Waals surface area (Å²) < 4.78 is 31.8. The molecule has 1 heterocycles. The fourth-order valence-electron chi connectivity index (χ4n) is 2.01. The van der Waals surface area contributed by atoms with Gasteiger partial charge in [0.15, 0.2) is 5.82 Å². The van der Waals surface area contributed by atoms with Crippen molar-refractivity contribution >= 4 is 17.3 Å². The van der Waals surface area contributed by atoms with Gasteiger partial charge in [0.05, 0.1) is 16.8 Å². The van der Waals surface area contributed by atoms with E-state index in [1.807, 2.05) is 6.92 Å². The quantitative estimate of drug-likeness (QED) is 0.878. The van der Waals surface area contributed by atoms with Crippen LogP contribution in [0.15, 0.2) is 12.1 Å². The zero-order chi connectivity index (χ0) is 12.4. The van der Waals surface area contributed by atoms with Gasteiger partial charge in [-0.3, -0.25) is 0 Å². The highest BCUT2D eigenvalue weighted by Crippen LogP contribution is 2.29. The zero-order valence-corrected chi connectivity index (χ0v) is 10.2. The highest BCUT2D eigenvalue weighted by molar-refractivity contribution is 6.33. The number of anilines is 1. The normalized spacial score (nSPS) is 24.7. The highest BCUT2D eigenvalue weighted by atomic mass is 35.5. The molecule has 0 saturated carbocycles. The van der Waals surface area contributed by atoms with Gasteiger partial charge in [-0.25, -0.2) is 8.78 Å². The van der Waals surface area contributed by atoms with Crippen molar-refractivity contribution in [3.63, 3.8) is 0 Å². The smallest absolute Gasteiger partial charge is 0.150 e. The van der Waals surface area contributed by atoms with E-state index in [1.54, 1.807) is 0 Å². The molecule has 2 unspecified atom stereocenters. The molecular formula is C12H14ClF2NO. The summed E-state index contributed by atoms with van der Waals surface area (Å²) in [6.45, 7) is 2.61. The minimum atomic E-state index is -0.668. The van der Waals surface area contributed by atoms with Gasteiger partial charge in [-0.05, 0) is 25.8 Å². The molecule has 1 aromatic rings. The summed E-state index contributed by atoms with van der Waals surface area (Å²) in [6, 6.07) is 2.04. The summed E-state index contributed by atoms with van der Waals surface area (Å²) >= 11 is 5.82. The van der Waals surface area contributed by atoms with Crippen LogP contribution in [-0.4, -0.2) is 18.8 Å². The Morgan fingerprint density at radius 2 is 2.18 bits per heavy atom. The van der Waals surface area contributed by atoms with Crippen molar-refractivity contribution in [2.24, 2.45) is 0 Å². The van der Waals surface area contributed by atoms with Crippen LogP contribution in [0.1, 0.15) is 19.8 Å². The lowest BCUT2D eigenvalue weighted by atomic mass is 10.0. The lowest BCUT2D eigenvalue weighted by molar-refractivity contribution is 0.0232. The Labute approximate surface area is 104 Å². The Balaban J connectivity index is 2.12. The Morgan fingerprint density at radius 3 is 2.82 bits per heavy atom. The van der Waals surface area contributed by atoms with Gasteiger partial charge >= 0.3 is 0 Å². The van der Waals surface area contributed by atoms with Crippen LogP contribution in [0.4, 0.5) is 14.5 Å². The molecule has 0 aliphatic carbocycles. The van der Waals surface area contributed by atoms with Crippen LogP contribution in [-0.2, 0) is 4.74 Å². The number of nitrogens with one attached hydrogen (secondary N) is 1. The third-order valence-electron chi connectivity index (χ3n) is 2.84. The Bertz CT molecular complexity index is 390. The standard InChI is InChI=1S/C12H14ClF2NO/c1-7-4-9(2-3-17-7)16-12-10(13)5-8(14)6-11(12)15/h5-7,9,16H,2-4H2,1H3. The van der Waals surface area contributed by atoms with Crippen LogP contribution in [0.3, 0.4) is 0 Å². The van der Waals surface area contributed by atoms with E-state index in [2.05, 4.69) is 5.32 Å². The molecular weight excluding hydrogens is 248 g/mol. The van der Waals surface area contributed by atoms with E-state index < -0.39 is 11.6 Å². The molecule has 0 radical (unpaired) electrons. The molecule has 1 aliphatic rings. The maximum absolute atomic E-state index is 13.5. The second kappa shape index (κ2) is 5.19. The molecule has 2 nitrogen and oxygen atoms in total. The largest absolute Gasteiger partial charge is 0.379 e. The van der Waals surface area contributed by atoms with E-state index >= 15 is 0 Å². The van der Waals surface area contributed by atoms with Gasteiger partial charge in [0, 0.05) is 18.7 Å².